The van der Waals surface area contributed by atoms with Crippen molar-refractivity contribution in [2.24, 2.45) is 5.10 Å². The maximum Gasteiger partial charge on any atom is 0.259 e. The Bertz CT molecular complexity index is 675. The Hall–Kier alpha value is -2.62. The minimum Gasteiger partial charge on any atom is -0.376 e. The Morgan fingerprint density at radius 3 is 2.41 bits per heavy atom. The van der Waals surface area contributed by atoms with E-state index in [2.05, 4.69) is 21.9 Å². The van der Waals surface area contributed by atoms with Crippen LogP contribution in [0.1, 0.15) is 22.3 Å². The van der Waals surface area contributed by atoms with Crippen LogP contribution in [0.4, 0.5) is 5.69 Å². The lowest BCUT2D eigenvalue weighted by molar-refractivity contribution is -0.119. The van der Waals surface area contributed by atoms with Crippen molar-refractivity contribution < 1.29 is 4.79 Å². The minimum absolute atomic E-state index is 0.179. The van der Waals surface area contributed by atoms with Gasteiger partial charge in [-0.2, -0.15) is 5.10 Å². The molecule has 1 amide bonds. The molecule has 4 heteroatoms. The summed E-state index contributed by atoms with van der Waals surface area (Å²) in [7, 11) is 0. The van der Waals surface area contributed by atoms with Crippen LogP contribution in [0.2, 0.25) is 0 Å². The maximum atomic E-state index is 11.7. The van der Waals surface area contributed by atoms with Gasteiger partial charge in [0.15, 0.2) is 0 Å². The van der Waals surface area contributed by atoms with E-state index in [1.54, 1.807) is 6.21 Å². The van der Waals surface area contributed by atoms with E-state index in [-0.39, 0.29) is 12.5 Å². The van der Waals surface area contributed by atoms with Crippen LogP contribution >= 0.6 is 0 Å². The average Bonchev–Trinajstić information content (AvgIpc) is 2.49. The van der Waals surface area contributed by atoms with Gasteiger partial charge in [0.05, 0.1) is 12.8 Å². The lowest BCUT2D eigenvalue weighted by Gasteiger charge is -2.05. The number of benzene rings is 2. The molecule has 0 saturated carbocycles. The summed E-state index contributed by atoms with van der Waals surface area (Å²) < 4.78 is 0. The number of hydrogen-bond donors (Lipinski definition) is 2. The quantitative estimate of drug-likeness (QED) is 0.657. The second-order valence-electron chi connectivity index (χ2n) is 5.37. The second-order valence-corrected chi connectivity index (χ2v) is 5.37. The molecule has 0 atom stereocenters. The van der Waals surface area contributed by atoms with Gasteiger partial charge in [-0.3, -0.25) is 4.79 Å². The Labute approximate surface area is 131 Å². The lowest BCUT2D eigenvalue weighted by Crippen LogP contribution is -2.25. The third-order valence-corrected chi connectivity index (χ3v) is 3.32. The van der Waals surface area contributed by atoms with Gasteiger partial charge in [-0.15, -0.1) is 0 Å². The summed E-state index contributed by atoms with van der Waals surface area (Å²) in [5, 5.41) is 7.05. The molecule has 2 N–H and O–H groups in total. The van der Waals surface area contributed by atoms with Gasteiger partial charge in [0.2, 0.25) is 0 Å². The molecule has 4 nitrogen and oxygen atoms in total. The standard InChI is InChI=1S/C18H21N3O/c1-13-5-8-17(9-6-13)19-12-18(22)21-20-11-16-7-4-14(2)10-15(16)3/h4-11,19H,12H2,1-3H3,(H,21,22)/b20-11+. The van der Waals surface area contributed by atoms with Gasteiger partial charge in [-0.05, 0) is 44.0 Å². The Kier molecular flexibility index (Phi) is 5.31. The third-order valence-electron chi connectivity index (χ3n) is 3.32. The van der Waals surface area contributed by atoms with Crippen molar-refractivity contribution in [2.75, 3.05) is 11.9 Å². The van der Waals surface area contributed by atoms with Gasteiger partial charge in [-0.25, -0.2) is 5.43 Å². The van der Waals surface area contributed by atoms with Crippen LogP contribution < -0.4 is 10.7 Å². The predicted octanol–water partition coefficient (Wildman–Crippen LogP) is 3.17. The number of amides is 1. The number of rotatable bonds is 5. The van der Waals surface area contributed by atoms with E-state index in [1.807, 2.05) is 57.2 Å². The van der Waals surface area contributed by atoms with Crippen molar-refractivity contribution in [2.45, 2.75) is 20.8 Å². The van der Waals surface area contributed by atoms with Crippen LogP contribution in [-0.4, -0.2) is 18.7 Å². The summed E-state index contributed by atoms with van der Waals surface area (Å²) in [4.78, 5) is 11.7. The first-order valence-electron chi connectivity index (χ1n) is 7.24. The number of hydrogen-bond acceptors (Lipinski definition) is 3. The van der Waals surface area contributed by atoms with Crippen LogP contribution in [0.3, 0.4) is 0 Å². The molecule has 0 aliphatic rings. The van der Waals surface area contributed by atoms with E-state index in [1.165, 1.54) is 11.1 Å². The highest BCUT2D eigenvalue weighted by molar-refractivity contribution is 5.85. The fraction of sp³-hybridized carbons (Fsp3) is 0.222. The van der Waals surface area contributed by atoms with E-state index >= 15 is 0 Å². The number of anilines is 1. The summed E-state index contributed by atoms with van der Waals surface area (Å²) >= 11 is 0. The molecule has 0 fully saturated rings. The molecule has 2 aromatic rings. The smallest absolute Gasteiger partial charge is 0.259 e. The van der Waals surface area contributed by atoms with Crippen molar-refractivity contribution in [3.8, 4) is 0 Å². The second kappa shape index (κ2) is 7.41. The summed E-state index contributed by atoms with van der Waals surface area (Å²) in [6.45, 7) is 6.28. The average molecular weight is 295 g/mol. The molecule has 0 heterocycles. The highest BCUT2D eigenvalue weighted by Gasteiger charge is 2.00. The summed E-state index contributed by atoms with van der Waals surface area (Å²) in [6, 6.07) is 14.0. The molecular formula is C18H21N3O. The number of nitrogens with one attached hydrogen (secondary N) is 2. The Morgan fingerprint density at radius 2 is 1.73 bits per heavy atom. The molecule has 0 saturated heterocycles. The van der Waals surface area contributed by atoms with Crippen LogP contribution in [0.5, 0.6) is 0 Å². The molecule has 114 valence electrons. The first-order chi connectivity index (χ1) is 10.5. The monoisotopic (exact) mass is 295 g/mol. The van der Waals surface area contributed by atoms with Crippen molar-refractivity contribution in [3.05, 3.63) is 64.7 Å². The lowest BCUT2D eigenvalue weighted by atomic mass is 10.1. The van der Waals surface area contributed by atoms with Crippen LogP contribution in [0.15, 0.2) is 47.6 Å². The van der Waals surface area contributed by atoms with Gasteiger partial charge >= 0.3 is 0 Å². The van der Waals surface area contributed by atoms with E-state index in [0.29, 0.717) is 0 Å². The topological polar surface area (TPSA) is 53.5 Å². The van der Waals surface area contributed by atoms with E-state index in [0.717, 1.165) is 16.8 Å². The van der Waals surface area contributed by atoms with Gasteiger partial charge in [-0.1, -0.05) is 41.5 Å². The van der Waals surface area contributed by atoms with E-state index in [4.69, 9.17) is 0 Å². The zero-order valence-corrected chi connectivity index (χ0v) is 13.2. The highest BCUT2D eigenvalue weighted by Crippen LogP contribution is 2.08. The molecule has 22 heavy (non-hydrogen) atoms. The zero-order chi connectivity index (χ0) is 15.9. The molecule has 0 aliphatic heterocycles. The molecule has 0 unspecified atom stereocenters. The van der Waals surface area contributed by atoms with Crippen molar-refractivity contribution in [3.63, 3.8) is 0 Å². The third kappa shape index (κ3) is 4.74. The minimum atomic E-state index is -0.179. The molecule has 2 rings (SSSR count). The molecule has 0 bridgehead atoms. The summed E-state index contributed by atoms with van der Waals surface area (Å²) in [5.41, 5.74) is 7.97. The SMILES string of the molecule is Cc1ccc(NCC(=O)N/N=C/c2ccc(C)cc2C)cc1. The largest absolute Gasteiger partial charge is 0.376 e. The van der Waals surface area contributed by atoms with E-state index in [9.17, 15) is 4.79 Å². The maximum absolute atomic E-state index is 11.7. The Morgan fingerprint density at radius 1 is 1.05 bits per heavy atom. The molecule has 0 aliphatic carbocycles. The molecule has 0 radical (unpaired) electrons. The fourth-order valence-electron chi connectivity index (χ4n) is 2.04. The number of carbonyl (C=O) groups excluding carboxylic acids is 1. The predicted molar refractivity (Wildman–Crippen MR) is 91.3 cm³/mol. The number of hydrazone groups is 1. The van der Waals surface area contributed by atoms with Gasteiger partial charge in [0.1, 0.15) is 0 Å². The van der Waals surface area contributed by atoms with Gasteiger partial charge in [0, 0.05) is 5.69 Å². The van der Waals surface area contributed by atoms with Gasteiger partial charge < -0.3 is 5.32 Å². The Balaban J connectivity index is 1.82. The van der Waals surface area contributed by atoms with Crippen molar-refractivity contribution in [1.82, 2.24) is 5.43 Å². The number of aryl methyl sites for hydroxylation is 3. The van der Waals surface area contributed by atoms with Crippen molar-refractivity contribution >= 4 is 17.8 Å². The normalized spacial score (nSPS) is 10.7. The first-order valence-corrected chi connectivity index (χ1v) is 7.24. The molecular weight excluding hydrogens is 274 g/mol. The fourth-order valence-corrected chi connectivity index (χ4v) is 2.04. The van der Waals surface area contributed by atoms with Crippen molar-refractivity contribution in [1.29, 1.82) is 0 Å². The number of carbonyl (C=O) groups is 1. The van der Waals surface area contributed by atoms with Crippen LogP contribution in [-0.2, 0) is 4.79 Å². The van der Waals surface area contributed by atoms with E-state index < -0.39 is 0 Å². The van der Waals surface area contributed by atoms with Crippen LogP contribution in [0, 0.1) is 20.8 Å². The highest BCUT2D eigenvalue weighted by atomic mass is 16.2. The first kappa shape index (κ1) is 15.8. The number of nitrogens with zero attached hydrogens (tertiary/aromatic N) is 1. The molecule has 0 spiro atoms. The van der Waals surface area contributed by atoms with Crippen LogP contribution in [0.25, 0.3) is 0 Å². The molecule has 2 aromatic carbocycles. The zero-order valence-electron chi connectivity index (χ0n) is 13.2. The summed E-state index contributed by atoms with van der Waals surface area (Å²) in [6.07, 6.45) is 1.67. The summed E-state index contributed by atoms with van der Waals surface area (Å²) in [5.74, 6) is -0.179. The molecule has 0 aromatic heterocycles. The van der Waals surface area contributed by atoms with Gasteiger partial charge in [0.25, 0.3) is 5.91 Å².